The highest BCUT2D eigenvalue weighted by Gasteiger charge is 2.15. The molecule has 8 nitrogen and oxygen atoms in total. The summed E-state index contributed by atoms with van der Waals surface area (Å²) in [6.45, 7) is 3.77. The molecule has 4 N–H and O–H groups in total. The minimum atomic E-state index is -3.74. The van der Waals surface area contributed by atoms with Crippen molar-refractivity contribution >= 4 is 38.3 Å². The molecule has 0 radical (unpaired) electrons. The van der Waals surface area contributed by atoms with Gasteiger partial charge in [-0.2, -0.15) is 0 Å². The van der Waals surface area contributed by atoms with Crippen molar-refractivity contribution in [1.29, 1.82) is 0 Å². The van der Waals surface area contributed by atoms with Crippen molar-refractivity contribution in [3.8, 4) is 0 Å². The number of aromatic nitrogens is 2. The summed E-state index contributed by atoms with van der Waals surface area (Å²) in [4.78, 5) is 29.3. The average Bonchev–Trinajstić information content (AvgIpc) is 3.09. The predicted octanol–water partition coefficient (Wildman–Crippen LogP) is 3.53. The smallest absolute Gasteiger partial charge is 0.322 e. The molecular weight excluding hydrogens is 416 g/mol. The number of aryl methyl sites for hydroxylation is 2. The van der Waals surface area contributed by atoms with Gasteiger partial charge in [0.1, 0.15) is 0 Å². The molecule has 9 heteroatoms. The van der Waals surface area contributed by atoms with E-state index in [2.05, 4.69) is 20.0 Å². The molecule has 0 aliphatic heterocycles. The number of sulfonamides is 1. The van der Waals surface area contributed by atoms with Crippen molar-refractivity contribution in [2.75, 3.05) is 10.0 Å². The molecule has 4 aromatic rings. The molecule has 0 atom stereocenters. The lowest BCUT2D eigenvalue weighted by Crippen LogP contribution is -2.14. The van der Waals surface area contributed by atoms with Crippen LogP contribution >= 0.6 is 0 Å². The number of H-pyrrole nitrogens is 2. The third-order valence-electron chi connectivity index (χ3n) is 4.96. The maximum atomic E-state index is 12.6. The van der Waals surface area contributed by atoms with Crippen LogP contribution in [0.1, 0.15) is 21.5 Å². The lowest BCUT2D eigenvalue weighted by Gasteiger charge is -2.10. The Balaban J connectivity index is 1.48. The predicted molar refractivity (Wildman–Crippen MR) is 120 cm³/mol. The van der Waals surface area contributed by atoms with E-state index in [1.54, 1.807) is 36.4 Å². The number of carbonyl (C=O) groups is 1. The molecule has 158 valence electrons. The molecule has 0 fully saturated rings. The van der Waals surface area contributed by atoms with Crippen LogP contribution in [0.25, 0.3) is 11.0 Å². The van der Waals surface area contributed by atoms with Gasteiger partial charge in [0.25, 0.3) is 15.9 Å². The van der Waals surface area contributed by atoms with Crippen molar-refractivity contribution in [2.45, 2.75) is 18.7 Å². The summed E-state index contributed by atoms with van der Waals surface area (Å²) in [6.07, 6.45) is 0. The zero-order valence-electron chi connectivity index (χ0n) is 16.8. The summed E-state index contributed by atoms with van der Waals surface area (Å²) in [5.41, 5.74) is 4.03. The van der Waals surface area contributed by atoms with Gasteiger partial charge in [-0.1, -0.05) is 6.07 Å². The number of benzene rings is 3. The van der Waals surface area contributed by atoms with Crippen LogP contribution in [0.3, 0.4) is 0 Å². The van der Waals surface area contributed by atoms with E-state index in [-0.39, 0.29) is 16.5 Å². The van der Waals surface area contributed by atoms with Crippen molar-refractivity contribution < 1.29 is 13.2 Å². The number of rotatable bonds is 5. The average molecular weight is 436 g/mol. The summed E-state index contributed by atoms with van der Waals surface area (Å²) in [5, 5.41) is 2.75. The second kappa shape index (κ2) is 7.77. The Morgan fingerprint density at radius 3 is 2.19 bits per heavy atom. The van der Waals surface area contributed by atoms with Crippen LogP contribution in [0.15, 0.2) is 70.4 Å². The van der Waals surface area contributed by atoms with Crippen LogP contribution in [-0.4, -0.2) is 24.3 Å². The number of carbonyl (C=O) groups excluding carboxylic acids is 1. The van der Waals surface area contributed by atoms with Crippen LogP contribution in [0.2, 0.25) is 0 Å². The molecule has 1 aromatic heterocycles. The van der Waals surface area contributed by atoms with E-state index in [1.807, 2.05) is 13.8 Å². The summed E-state index contributed by atoms with van der Waals surface area (Å²) in [6, 6.07) is 16.1. The Hall–Kier alpha value is -3.85. The van der Waals surface area contributed by atoms with Crippen LogP contribution in [0.5, 0.6) is 0 Å². The molecule has 3 aromatic carbocycles. The lowest BCUT2D eigenvalue weighted by molar-refractivity contribution is 0.102. The van der Waals surface area contributed by atoms with E-state index < -0.39 is 10.0 Å². The van der Waals surface area contributed by atoms with Crippen LogP contribution in [0.4, 0.5) is 11.4 Å². The van der Waals surface area contributed by atoms with E-state index >= 15 is 0 Å². The van der Waals surface area contributed by atoms with Crippen molar-refractivity contribution in [2.24, 2.45) is 0 Å². The Morgan fingerprint density at radius 2 is 1.48 bits per heavy atom. The Bertz CT molecular complexity index is 1450. The number of fused-ring (bicyclic) bond motifs is 1. The van der Waals surface area contributed by atoms with E-state index in [1.165, 1.54) is 24.3 Å². The molecule has 4 rings (SSSR count). The van der Waals surface area contributed by atoms with Crippen molar-refractivity contribution in [1.82, 2.24) is 9.97 Å². The second-order valence-electron chi connectivity index (χ2n) is 7.22. The van der Waals surface area contributed by atoms with Gasteiger partial charge in [0.05, 0.1) is 15.9 Å². The van der Waals surface area contributed by atoms with Gasteiger partial charge in [0.2, 0.25) is 0 Å². The maximum absolute atomic E-state index is 12.6. The summed E-state index contributed by atoms with van der Waals surface area (Å²) < 4.78 is 27.8. The Kier molecular flexibility index (Phi) is 5.12. The third kappa shape index (κ3) is 4.36. The third-order valence-corrected chi connectivity index (χ3v) is 6.34. The van der Waals surface area contributed by atoms with Gasteiger partial charge in [-0.25, -0.2) is 13.2 Å². The van der Waals surface area contributed by atoms with Gasteiger partial charge >= 0.3 is 5.69 Å². The first-order chi connectivity index (χ1) is 14.7. The van der Waals surface area contributed by atoms with Crippen LogP contribution in [-0.2, 0) is 10.0 Å². The maximum Gasteiger partial charge on any atom is 0.323 e. The van der Waals surface area contributed by atoms with Crippen molar-refractivity contribution in [3.63, 3.8) is 0 Å². The van der Waals surface area contributed by atoms with E-state index in [0.717, 1.165) is 11.1 Å². The fraction of sp³-hybridized carbons (Fsp3) is 0.0909. The highest BCUT2D eigenvalue weighted by Crippen LogP contribution is 2.20. The zero-order chi connectivity index (χ0) is 22.2. The number of amides is 1. The largest absolute Gasteiger partial charge is 0.323 e. The monoisotopic (exact) mass is 436 g/mol. The molecule has 0 unspecified atom stereocenters. The van der Waals surface area contributed by atoms with Crippen LogP contribution in [0, 0.1) is 13.8 Å². The molecule has 0 saturated heterocycles. The van der Waals surface area contributed by atoms with Gasteiger partial charge in [0.15, 0.2) is 0 Å². The number of nitrogens with one attached hydrogen (secondary N) is 4. The quantitative estimate of drug-likeness (QED) is 0.382. The summed E-state index contributed by atoms with van der Waals surface area (Å²) in [5.74, 6) is -0.360. The second-order valence-corrected chi connectivity index (χ2v) is 8.90. The molecule has 0 aliphatic carbocycles. The highest BCUT2D eigenvalue weighted by atomic mass is 32.2. The normalized spacial score (nSPS) is 11.4. The molecule has 0 aliphatic rings. The first kappa shape index (κ1) is 20.4. The molecule has 0 saturated carbocycles. The lowest BCUT2D eigenvalue weighted by atomic mass is 10.1. The minimum Gasteiger partial charge on any atom is -0.322 e. The number of hydrogen-bond acceptors (Lipinski definition) is 4. The first-order valence-electron chi connectivity index (χ1n) is 9.45. The van der Waals surface area contributed by atoms with E-state index in [9.17, 15) is 18.0 Å². The SMILES string of the molecule is Cc1ccc(S(=O)(=O)Nc2ccc(C(=O)Nc3ccc4[nH]c(=O)[nH]c4c3)cc2)cc1C. The van der Waals surface area contributed by atoms with E-state index in [0.29, 0.717) is 28.0 Å². The van der Waals surface area contributed by atoms with Gasteiger partial charge in [-0.05, 0) is 79.6 Å². The van der Waals surface area contributed by atoms with Gasteiger partial charge in [-0.3, -0.25) is 9.52 Å². The minimum absolute atomic E-state index is 0.176. The van der Waals surface area contributed by atoms with Crippen LogP contribution < -0.4 is 15.7 Å². The van der Waals surface area contributed by atoms with E-state index in [4.69, 9.17) is 0 Å². The number of anilines is 2. The van der Waals surface area contributed by atoms with Gasteiger partial charge in [0, 0.05) is 16.9 Å². The van der Waals surface area contributed by atoms with Gasteiger partial charge in [-0.15, -0.1) is 0 Å². The Labute approximate surface area is 178 Å². The summed E-state index contributed by atoms with van der Waals surface area (Å²) >= 11 is 0. The topological polar surface area (TPSA) is 124 Å². The standard InChI is InChI=1S/C22H20N4O4S/c1-13-3-9-18(11-14(13)2)31(29,30)26-16-6-4-15(5-7-16)21(27)23-17-8-10-19-20(12-17)25-22(28)24-19/h3-12,26H,1-2H3,(H,23,27)(H2,24,25,28). The zero-order valence-corrected chi connectivity index (χ0v) is 17.6. The molecule has 1 amide bonds. The Morgan fingerprint density at radius 1 is 0.806 bits per heavy atom. The number of aromatic amines is 2. The molecular formula is C22H20N4O4S. The highest BCUT2D eigenvalue weighted by molar-refractivity contribution is 7.92. The van der Waals surface area contributed by atoms with Crippen molar-refractivity contribution in [3.05, 3.63) is 87.8 Å². The molecule has 31 heavy (non-hydrogen) atoms. The molecule has 0 bridgehead atoms. The fourth-order valence-corrected chi connectivity index (χ4v) is 4.24. The molecule has 1 heterocycles. The first-order valence-corrected chi connectivity index (χ1v) is 10.9. The fourth-order valence-electron chi connectivity index (χ4n) is 3.10. The number of hydrogen-bond donors (Lipinski definition) is 4. The molecule has 0 spiro atoms. The number of imidazole rings is 1. The summed E-state index contributed by atoms with van der Waals surface area (Å²) in [7, 11) is -3.74. The van der Waals surface area contributed by atoms with Gasteiger partial charge < -0.3 is 15.3 Å².